The van der Waals surface area contributed by atoms with E-state index in [1.807, 2.05) is 0 Å². The molecule has 17 heavy (non-hydrogen) atoms. The molecule has 0 bridgehead atoms. The molecule has 0 aliphatic carbocycles. The Morgan fingerprint density at radius 1 is 1.29 bits per heavy atom. The van der Waals surface area contributed by atoms with Crippen LogP contribution in [0.2, 0.25) is 0 Å². The Labute approximate surface area is 106 Å². The van der Waals surface area contributed by atoms with Gasteiger partial charge in [0, 0.05) is 17.5 Å². The average molecular weight is 259 g/mol. The van der Waals surface area contributed by atoms with Crippen molar-refractivity contribution >= 4 is 18.3 Å². The highest BCUT2D eigenvalue weighted by Crippen LogP contribution is 2.34. The van der Waals surface area contributed by atoms with Gasteiger partial charge in [-0.2, -0.15) is 0 Å². The van der Waals surface area contributed by atoms with Gasteiger partial charge in [-0.25, -0.2) is 0 Å². The number of nitrogens with one attached hydrogen (secondary N) is 1. The molecular formula is C11H17NO4S. The molecular weight excluding hydrogens is 242 g/mol. The Balaban J connectivity index is 2.85. The zero-order valence-corrected chi connectivity index (χ0v) is 10.7. The van der Waals surface area contributed by atoms with Crippen molar-refractivity contribution in [1.82, 2.24) is 0 Å². The van der Waals surface area contributed by atoms with Gasteiger partial charge in [-0.3, -0.25) is 0 Å². The highest BCUT2D eigenvalue weighted by atomic mass is 32.1. The van der Waals surface area contributed by atoms with Crippen molar-refractivity contribution in [2.75, 3.05) is 32.7 Å². The van der Waals surface area contributed by atoms with Crippen LogP contribution in [-0.4, -0.2) is 43.7 Å². The highest BCUT2D eigenvalue weighted by Gasteiger charge is 2.10. The summed E-state index contributed by atoms with van der Waals surface area (Å²) in [7, 11) is 3.09. The predicted octanol–water partition coefficient (Wildman–Crippen LogP) is 0.758. The van der Waals surface area contributed by atoms with Gasteiger partial charge in [-0.1, -0.05) is 0 Å². The number of rotatable bonds is 6. The molecule has 1 aromatic carbocycles. The van der Waals surface area contributed by atoms with Gasteiger partial charge < -0.3 is 25.0 Å². The van der Waals surface area contributed by atoms with Crippen LogP contribution in [0.25, 0.3) is 0 Å². The highest BCUT2D eigenvalue weighted by molar-refractivity contribution is 7.80. The molecule has 5 nitrogen and oxygen atoms in total. The summed E-state index contributed by atoms with van der Waals surface area (Å²) in [5.74, 6) is 1.16. The van der Waals surface area contributed by atoms with E-state index >= 15 is 0 Å². The summed E-state index contributed by atoms with van der Waals surface area (Å²) in [5.41, 5.74) is 0.707. The Bertz CT molecular complexity index is 373. The first-order valence-electron chi connectivity index (χ1n) is 5.10. The maximum atomic E-state index is 9.24. The maximum Gasteiger partial charge on any atom is 0.162 e. The second-order valence-electron chi connectivity index (χ2n) is 3.44. The normalized spacial score (nSPS) is 12.1. The quantitative estimate of drug-likeness (QED) is 0.568. The van der Waals surface area contributed by atoms with Crippen LogP contribution in [0, 0.1) is 0 Å². The molecule has 1 unspecified atom stereocenters. The molecule has 1 atom stereocenters. The first kappa shape index (κ1) is 14.0. The lowest BCUT2D eigenvalue weighted by molar-refractivity contribution is 0.105. The monoisotopic (exact) mass is 259 g/mol. The number of thiol groups is 1. The second-order valence-corrected chi connectivity index (χ2v) is 3.92. The van der Waals surface area contributed by atoms with Crippen molar-refractivity contribution in [3.8, 4) is 11.5 Å². The van der Waals surface area contributed by atoms with Gasteiger partial charge in [-0.05, 0) is 6.07 Å². The molecule has 0 radical (unpaired) electrons. The fourth-order valence-corrected chi connectivity index (χ4v) is 1.56. The van der Waals surface area contributed by atoms with E-state index in [1.165, 1.54) is 0 Å². The van der Waals surface area contributed by atoms with Gasteiger partial charge in [-0.15, -0.1) is 12.6 Å². The van der Waals surface area contributed by atoms with Crippen molar-refractivity contribution in [2.45, 2.75) is 11.0 Å². The number of methoxy groups -OCH3 is 2. The molecule has 0 saturated heterocycles. The van der Waals surface area contributed by atoms with E-state index < -0.39 is 6.10 Å². The minimum absolute atomic E-state index is 0.236. The smallest absolute Gasteiger partial charge is 0.162 e. The summed E-state index contributed by atoms with van der Waals surface area (Å²) in [6.45, 7) is -0.0538. The summed E-state index contributed by atoms with van der Waals surface area (Å²) in [4.78, 5) is 0.674. The average Bonchev–Trinajstić information content (AvgIpc) is 2.36. The Morgan fingerprint density at radius 2 is 1.88 bits per heavy atom. The molecule has 0 aliphatic heterocycles. The van der Waals surface area contributed by atoms with E-state index in [1.54, 1.807) is 26.4 Å². The van der Waals surface area contributed by atoms with Crippen molar-refractivity contribution in [3.05, 3.63) is 12.1 Å². The third kappa shape index (κ3) is 3.69. The number of hydrogen-bond acceptors (Lipinski definition) is 6. The van der Waals surface area contributed by atoms with Gasteiger partial charge in [0.05, 0.1) is 32.6 Å². The molecule has 0 amide bonds. The first-order chi connectivity index (χ1) is 8.12. The molecule has 0 aromatic heterocycles. The maximum absolute atomic E-state index is 9.24. The van der Waals surface area contributed by atoms with Crippen molar-refractivity contribution in [1.29, 1.82) is 0 Å². The molecule has 96 valence electrons. The summed E-state index contributed by atoms with van der Waals surface area (Å²) < 4.78 is 10.3. The molecule has 6 heteroatoms. The Hall–Kier alpha value is -1.11. The van der Waals surface area contributed by atoms with Crippen LogP contribution >= 0.6 is 12.6 Å². The van der Waals surface area contributed by atoms with Crippen LogP contribution in [0.3, 0.4) is 0 Å². The standard InChI is InChI=1S/C11H17NO4S/c1-15-9-3-8(12-5-7(14)6-13)11(17)4-10(9)16-2/h3-4,7,12-14,17H,5-6H2,1-2H3. The Kier molecular flexibility index (Phi) is 5.40. The SMILES string of the molecule is COc1cc(S)c(NCC(O)CO)cc1OC. The third-order valence-electron chi connectivity index (χ3n) is 2.24. The minimum Gasteiger partial charge on any atom is -0.493 e. The zero-order valence-electron chi connectivity index (χ0n) is 9.80. The van der Waals surface area contributed by atoms with Crippen LogP contribution in [0.5, 0.6) is 11.5 Å². The van der Waals surface area contributed by atoms with Crippen LogP contribution in [-0.2, 0) is 0 Å². The molecule has 0 heterocycles. The summed E-state index contributed by atoms with van der Waals surface area (Å²) in [6.07, 6.45) is -0.809. The lowest BCUT2D eigenvalue weighted by Gasteiger charge is -2.15. The van der Waals surface area contributed by atoms with Crippen molar-refractivity contribution in [2.24, 2.45) is 0 Å². The molecule has 1 rings (SSSR count). The van der Waals surface area contributed by atoms with Crippen LogP contribution in [0.15, 0.2) is 17.0 Å². The topological polar surface area (TPSA) is 71.0 Å². The van der Waals surface area contributed by atoms with E-state index in [-0.39, 0.29) is 13.2 Å². The number of aliphatic hydroxyl groups is 2. The number of ether oxygens (including phenoxy) is 2. The van der Waals surface area contributed by atoms with Crippen LogP contribution in [0.4, 0.5) is 5.69 Å². The van der Waals surface area contributed by atoms with Crippen molar-refractivity contribution < 1.29 is 19.7 Å². The summed E-state index contributed by atoms with van der Waals surface area (Å²) in [5, 5.41) is 20.9. The number of anilines is 1. The van der Waals surface area contributed by atoms with Crippen LogP contribution in [0.1, 0.15) is 0 Å². The summed E-state index contributed by atoms with van der Waals surface area (Å²) >= 11 is 4.30. The molecule has 3 N–H and O–H groups in total. The second kappa shape index (κ2) is 6.58. The fourth-order valence-electron chi connectivity index (χ4n) is 1.30. The van der Waals surface area contributed by atoms with Gasteiger partial charge >= 0.3 is 0 Å². The van der Waals surface area contributed by atoms with Gasteiger partial charge in [0.1, 0.15) is 0 Å². The first-order valence-corrected chi connectivity index (χ1v) is 5.54. The molecule has 0 aliphatic rings. The van der Waals surface area contributed by atoms with E-state index in [2.05, 4.69) is 17.9 Å². The van der Waals surface area contributed by atoms with Crippen molar-refractivity contribution in [3.63, 3.8) is 0 Å². The molecule has 0 spiro atoms. The van der Waals surface area contributed by atoms with E-state index in [0.29, 0.717) is 22.1 Å². The molecule has 1 aromatic rings. The zero-order chi connectivity index (χ0) is 12.8. The summed E-state index contributed by atoms with van der Waals surface area (Å²) in [6, 6.07) is 3.45. The van der Waals surface area contributed by atoms with Gasteiger partial charge in [0.2, 0.25) is 0 Å². The van der Waals surface area contributed by atoms with E-state index in [0.717, 1.165) is 0 Å². The number of benzene rings is 1. The third-order valence-corrected chi connectivity index (χ3v) is 2.61. The lowest BCUT2D eigenvalue weighted by atomic mass is 10.2. The Morgan fingerprint density at radius 3 is 2.41 bits per heavy atom. The molecule has 0 saturated carbocycles. The number of hydrogen-bond donors (Lipinski definition) is 4. The lowest BCUT2D eigenvalue weighted by Crippen LogP contribution is -2.23. The van der Waals surface area contributed by atoms with Gasteiger partial charge in [0.15, 0.2) is 11.5 Å². The minimum atomic E-state index is -0.809. The van der Waals surface area contributed by atoms with E-state index in [9.17, 15) is 5.11 Å². The largest absolute Gasteiger partial charge is 0.493 e. The van der Waals surface area contributed by atoms with E-state index in [4.69, 9.17) is 14.6 Å². The molecule has 0 fully saturated rings. The number of aliphatic hydroxyl groups excluding tert-OH is 2. The van der Waals surface area contributed by atoms with Gasteiger partial charge in [0.25, 0.3) is 0 Å². The predicted molar refractivity (Wildman–Crippen MR) is 68.4 cm³/mol. The fraction of sp³-hybridized carbons (Fsp3) is 0.455. The van der Waals surface area contributed by atoms with Crippen LogP contribution < -0.4 is 14.8 Å².